The number of nitrogens with one attached hydrogen (secondary N) is 1. The summed E-state index contributed by atoms with van der Waals surface area (Å²) in [4.78, 5) is 6.83. The van der Waals surface area contributed by atoms with Gasteiger partial charge in [-0.15, -0.1) is 11.3 Å². The van der Waals surface area contributed by atoms with Gasteiger partial charge in [0.25, 0.3) is 0 Å². The summed E-state index contributed by atoms with van der Waals surface area (Å²) in [5.74, 6) is 0. The molecule has 1 atom stereocenters. The van der Waals surface area contributed by atoms with E-state index in [1.807, 2.05) is 11.3 Å². The zero-order chi connectivity index (χ0) is 15.5. The number of benzene rings is 1. The number of piperazine rings is 1. The molecule has 0 amide bonds. The number of thiophene rings is 1. The largest absolute Gasteiger partial charge is 0.314 e. The lowest BCUT2D eigenvalue weighted by molar-refractivity contribution is 0.120. The predicted molar refractivity (Wildman–Crippen MR) is 96.9 cm³/mol. The van der Waals surface area contributed by atoms with E-state index in [-0.39, 0.29) is 0 Å². The first-order valence-corrected chi connectivity index (χ1v) is 9.55. The zero-order valence-corrected chi connectivity index (χ0v) is 14.4. The molecule has 122 valence electrons. The molecule has 1 N–H and O–H groups in total. The van der Waals surface area contributed by atoms with Crippen molar-refractivity contribution >= 4 is 11.3 Å². The fourth-order valence-corrected chi connectivity index (χ4v) is 4.64. The molecule has 3 heterocycles. The lowest BCUT2D eigenvalue weighted by atomic mass is 9.98. The van der Waals surface area contributed by atoms with Gasteiger partial charge >= 0.3 is 0 Å². The lowest BCUT2D eigenvalue weighted by Gasteiger charge is -2.39. The highest BCUT2D eigenvalue weighted by Crippen LogP contribution is 2.31. The van der Waals surface area contributed by atoms with E-state index in [2.05, 4.69) is 56.9 Å². The second kappa shape index (κ2) is 7.14. The Morgan fingerprint density at radius 3 is 2.61 bits per heavy atom. The normalized spacial score (nSPS) is 21.0. The summed E-state index contributed by atoms with van der Waals surface area (Å²) in [7, 11) is 0. The summed E-state index contributed by atoms with van der Waals surface area (Å²) in [6, 6.07) is 14.0. The van der Waals surface area contributed by atoms with Crippen molar-refractivity contribution in [3.8, 4) is 0 Å². The van der Waals surface area contributed by atoms with Crippen molar-refractivity contribution < 1.29 is 0 Å². The third kappa shape index (κ3) is 3.50. The standard InChI is InChI=1S/C19H25N3S/c1-2-5-17-14-22(10-7-16(17)4-1)18(19-6-3-13-23-19)15-21-11-8-20-9-12-21/h1-6,13,18,20H,7-12,14-15H2. The second-order valence-corrected chi connectivity index (χ2v) is 7.55. The van der Waals surface area contributed by atoms with E-state index in [0.29, 0.717) is 6.04 Å². The Hall–Kier alpha value is -1.20. The molecule has 2 aliphatic heterocycles. The van der Waals surface area contributed by atoms with Crippen LogP contribution in [0.2, 0.25) is 0 Å². The van der Waals surface area contributed by atoms with Crippen molar-refractivity contribution in [2.45, 2.75) is 19.0 Å². The fourth-order valence-electron chi connectivity index (χ4n) is 3.79. The van der Waals surface area contributed by atoms with Crippen LogP contribution in [0.15, 0.2) is 41.8 Å². The van der Waals surface area contributed by atoms with Crippen LogP contribution in [0.3, 0.4) is 0 Å². The Morgan fingerprint density at radius 2 is 1.83 bits per heavy atom. The van der Waals surface area contributed by atoms with Gasteiger partial charge in [0, 0.05) is 50.7 Å². The van der Waals surface area contributed by atoms with Crippen LogP contribution >= 0.6 is 11.3 Å². The monoisotopic (exact) mass is 327 g/mol. The second-order valence-electron chi connectivity index (χ2n) is 6.57. The molecule has 0 saturated carbocycles. The van der Waals surface area contributed by atoms with Crippen LogP contribution in [0, 0.1) is 0 Å². The Balaban J connectivity index is 1.53. The van der Waals surface area contributed by atoms with E-state index in [4.69, 9.17) is 0 Å². The quantitative estimate of drug-likeness (QED) is 0.931. The van der Waals surface area contributed by atoms with Crippen molar-refractivity contribution in [2.75, 3.05) is 39.3 Å². The van der Waals surface area contributed by atoms with Gasteiger partial charge < -0.3 is 5.32 Å². The molecule has 1 aromatic heterocycles. The molecule has 1 aromatic carbocycles. The predicted octanol–water partition coefficient (Wildman–Crippen LogP) is 2.75. The molecule has 0 spiro atoms. The minimum Gasteiger partial charge on any atom is -0.314 e. The van der Waals surface area contributed by atoms with Gasteiger partial charge in [0.2, 0.25) is 0 Å². The summed E-state index contributed by atoms with van der Waals surface area (Å²) >= 11 is 1.91. The van der Waals surface area contributed by atoms with E-state index < -0.39 is 0 Å². The van der Waals surface area contributed by atoms with Crippen molar-refractivity contribution in [1.82, 2.24) is 15.1 Å². The summed E-state index contributed by atoms with van der Waals surface area (Å²) < 4.78 is 0. The van der Waals surface area contributed by atoms with Gasteiger partial charge in [0.05, 0.1) is 6.04 Å². The number of hydrogen-bond donors (Lipinski definition) is 1. The minimum atomic E-state index is 0.529. The molecule has 1 saturated heterocycles. The van der Waals surface area contributed by atoms with Crippen LogP contribution < -0.4 is 5.32 Å². The van der Waals surface area contributed by atoms with E-state index >= 15 is 0 Å². The average molecular weight is 327 g/mol. The van der Waals surface area contributed by atoms with E-state index in [1.165, 1.54) is 42.1 Å². The molecule has 3 nitrogen and oxygen atoms in total. The first-order chi connectivity index (χ1) is 11.4. The van der Waals surface area contributed by atoms with Gasteiger partial charge in [-0.3, -0.25) is 9.80 Å². The highest BCUT2D eigenvalue weighted by atomic mass is 32.1. The summed E-state index contributed by atoms with van der Waals surface area (Å²) in [5, 5.41) is 5.68. The maximum absolute atomic E-state index is 3.46. The molecular weight excluding hydrogens is 302 g/mol. The minimum absolute atomic E-state index is 0.529. The molecule has 0 radical (unpaired) electrons. The third-order valence-electron chi connectivity index (χ3n) is 5.11. The van der Waals surface area contributed by atoms with Crippen LogP contribution in [0.1, 0.15) is 22.0 Å². The SMILES string of the molecule is c1csc(C(CN2CCNCC2)N2CCc3ccccc3C2)c1. The molecule has 0 bridgehead atoms. The molecule has 2 aliphatic rings. The van der Waals surface area contributed by atoms with Gasteiger partial charge in [0.1, 0.15) is 0 Å². The molecule has 1 fully saturated rings. The summed E-state index contributed by atoms with van der Waals surface area (Å²) in [5.41, 5.74) is 3.05. The molecule has 4 heteroatoms. The Kier molecular flexibility index (Phi) is 4.76. The van der Waals surface area contributed by atoms with E-state index in [1.54, 1.807) is 0 Å². The molecule has 4 rings (SSSR count). The maximum atomic E-state index is 3.46. The lowest BCUT2D eigenvalue weighted by Crippen LogP contribution is -2.47. The van der Waals surface area contributed by atoms with Crippen LogP contribution in [0.5, 0.6) is 0 Å². The molecule has 23 heavy (non-hydrogen) atoms. The van der Waals surface area contributed by atoms with Crippen LogP contribution in [0.4, 0.5) is 0 Å². The van der Waals surface area contributed by atoms with Crippen LogP contribution in [-0.2, 0) is 13.0 Å². The van der Waals surface area contributed by atoms with Crippen molar-refractivity contribution in [3.05, 3.63) is 57.8 Å². The van der Waals surface area contributed by atoms with Gasteiger partial charge in [-0.1, -0.05) is 30.3 Å². The topological polar surface area (TPSA) is 18.5 Å². The van der Waals surface area contributed by atoms with Gasteiger partial charge in [0.15, 0.2) is 0 Å². The van der Waals surface area contributed by atoms with Crippen LogP contribution in [0.25, 0.3) is 0 Å². The number of rotatable bonds is 4. The molecule has 0 aliphatic carbocycles. The Bertz CT molecular complexity index is 619. The van der Waals surface area contributed by atoms with Gasteiger partial charge in [-0.25, -0.2) is 0 Å². The third-order valence-corrected chi connectivity index (χ3v) is 6.09. The van der Waals surface area contributed by atoms with E-state index in [9.17, 15) is 0 Å². The van der Waals surface area contributed by atoms with E-state index in [0.717, 1.165) is 26.2 Å². The molecular formula is C19H25N3S. The first-order valence-electron chi connectivity index (χ1n) is 8.67. The highest BCUT2D eigenvalue weighted by Gasteiger charge is 2.27. The van der Waals surface area contributed by atoms with Crippen molar-refractivity contribution in [2.24, 2.45) is 0 Å². The molecule has 1 unspecified atom stereocenters. The first kappa shape index (κ1) is 15.3. The Labute approximate surface area is 142 Å². The Morgan fingerprint density at radius 1 is 1.00 bits per heavy atom. The summed E-state index contributed by atoms with van der Waals surface area (Å²) in [6.07, 6.45) is 1.18. The number of nitrogens with zero attached hydrogens (tertiary/aromatic N) is 2. The zero-order valence-electron chi connectivity index (χ0n) is 13.6. The van der Waals surface area contributed by atoms with Gasteiger partial charge in [-0.05, 0) is 29.0 Å². The number of hydrogen-bond acceptors (Lipinski definition) is 4. The fraction of sp³-hybridized carbons (Fsp3) is 0.474. The maximum Gasteiger partial charge on any atom is 0.0572 e. The number of fused-ring (bicyclic) bond motifs is 1. The van der Waals surface area contributed by atoms with Crippen LogP contribution in [-0.4, -0.2) is 49.1 Å². The summed E-state index contributed by atoms with van der Waals surface area (Å²) in [6.45, 7) is 8.01. The van der Waals surface area contributed by atoms with Crippen molar-refractivity contribution in [3.63, 3.8) is 0 Å². The van der Waals surface area contributed by atoms with Gasteiger partial charge in [-0.2, -0.15) is 0 Å². The van der Waals surface area contributed by atoms with Crippen molar-refractivity contribution in [1.29, 1.82) is 0 Å². The molecule has 2 aromatic rings. The smallest absolute Gasteiger partial charge is 0.0572 e. The highest BCUT2D eigenvalue weighted by molar-refractivity contribution is 7.10. The average Bonchev–Trinajstić information content (AvgIpc) is 3.14.